The normalized spacial score (nSPS) is 12.7. The lowest BCUT2D eigenvalue weighted by Crippen LogP contribution is -2.52. The minimum Gasteiger partial charge on any atom is -0.341 e. The smallest absolute Gasteiger partial charge is 0.341 e. The van der Waals surface area contributed by atoms with Gasteiger partial charge in [0.15, 0.2) is 0 Å². The van der Waals surface area contributed by atoms with Crippen LogP contribution in [-0.2, 0) is 18.9 Å². The van der Waals surface area contributed by atoms with E-state index in [1.165, 1.54) is 26.0 Å². The van der Waals surface area contributed by atoms with Crippen LogP contribution in [0.5, 0.6) is 0 Å². The molecular formula is C30H25F6NSi. The molecule has 0 N–H and O–H groups in total. The van der Waals surface area contributed by atoms with E-state index in [-0.39, 0.29) is 11.1 Å². The van der Waals surface area contributed by atoms with E-state index in [0.29, 0.717) is 10.4 Å². The first-order valence-corrected chi connectivity index (χ1v) is 14.0. The Balaban J connectivity index is 1.80. The summed E-state index contributed by atoms with van der Waals surface area (Å²) in [6.45, 7) is 5.54. The van der Waals surface area contributed by atoms with E-state index in [9.17, 15) is 26.3 Å². The molecule has 0 atom stereocenters. The van der Waals surface area contributed by atoms with Gasteiger partial charge in [-0.2, -0.15) is 26.3 Å². The summed E-state index contributed by atoms with van der Waals surface area (Å²) < 4.78 is 85.3. The van der Waals surface area contributed by atoms with Gasteiger partial charge < -0.3 is 4.57 Å². The fraction of sp³-hybridized carbons (Fsp3) is 0.200. The van der Waals surface area contributed by atoms with Gasteiger partial charge in [-0.3, -0.25) is 0 Å². The maximum absolute atomic E-state index is 13.9. The van der Waals surface area contributed by atoms with E-state index >= 15 is 0 Å². The molecule has 8 heteroatoms. The summed E-state index contributed by atoms with van der Waals surface area (Å²) in [7, 11) is -2.75. The first kappa shape index (κ1) is 26.1. The molecule has 38 heavy (non-hydrogen) atoms. The topological polar surface area (TPSA) is 4.93 Å². The number of hydrogen-bond donors (Lipinski definition) is 0. The van der Waals surface area contributed by atoms with E-state index < -0.39 is 32.3 Å². The Morgan fingerprint density at radius 3 is 1.61 bits per heavy atom. The van der Waals surface area contributed by atoms with Crippen LogP contribution in [0.2, 0.25) is 0 Å². The third-order valence-electron chi connectivity index (χ3n) is 7.25. The Kier molecular flexibility index (Phi) is 6.42. The highest BCUT2D eigenvalue weighted by atomic mass is 28.3. The average molecular weight is 542 g/mol. The van der Waals surface area contributed by atoms with Crippen LogP contribution in [0.3, 0.4) is 0 Å². The second-order valence-corrected chi connectivity index (χ2v) is 12.5. The molecule has 0 aliphatic rings. The maximum Gasteiger partial charge on any atom is 0.416 e. The van der Waals surface area contributed by atoms with Crippen LogP contribution >= 0.6 is 0 Å². The summed E-state index contributed by atoms with van der Waals surface area (Å²) in [4.78, 5) is 0. The zero-order valence-electron chi connectivity index (χ0n) is 21.0. The van der Waals surface area contributed by atoms with Crippen LogP contribution in [0.15, 0.2) is 78.9 Å². The van der Waals surface area contributed by atoms with Crippen molar-refractivity contribution < 1.29 is 26.3 Å². The highest BCUT2D eigenvalue weighted by Crippen LogP contribution is 2.33. The summed E-state index contributed by atoms with van der Waals surface area (Å²) in [5.41, 5.74) is 0.638. The van der Waals surface area contributed by atoms with Crippen molar-refractivity contribution in [3.8, 4) is 0 Å². The number of benzene rings is 4. The van der Waals surface area contributed by atoms with Crippen LogP contribution < -0.4 is 15.6 Å². The SMILES string of the molecule is CCn1c2ccccc2c2cc([SiH](c3ccc(C)c(C(F)(F)F)c3)c3ccc(C)c(C(F)(F)F)c3)ccc21. The predicted molar refractivity (Wildman–Crippen MR) is 144 cm³/mol. The lowest BCUT2D eigenvalue weighted by molar-refractivity contribution is -0.138. The zero-order chi connectivity index (χ0) is 27.4. The fourth-order valence-electron chi connectivity index (χ4n) is 5.42. The van der Waals surface area contributed by atoms with Gasteiger partial charge in [-0.25, -0.2) is 0 Å². The van der Waals surface area contributed by atoms with E-state index in [1.54, 1.807) is 12.1 Å². The van der Waals surface area contributed by atoms with E-state index in [4.69, 9.17) is 0 Å². The number of alkyl halides is 6. The molecule has 0 unspecified atom stereocenters. The second kappa shape index (κ2) is 9.34. The summed E-state index contributed by atoms with van der Waals surface area (Å²) in [5, 5.41) is 3.52. The fourth-order valence-corrected chi connectivity index (χ4v) is 8.44. The number of para-hydroxylation sites is 1. The average Bonchev–Trinajstić information content (AvgIpc) is 3.18. The van der Waals surface area contributed by atoms with Crippen molar-refractivity contribution in [2.24, 2.45) is 0 Å². The molecular weight excluding hydrogens is 516 g/mol. The Morgan fingerprint density at radius 1 is 0.605 bits per heavy atom. The van der Waals surface area contributed by atoms with Crippen LogP contribution in [0.4, 0.5) is 26.3 Å². The molecule has 196 valence electrons. The van der Waals surface area contributed by atoms with E-state index in [0.717, 1.165) is 45.7 Å². The van der Waals surface area contributed by atoms with Crippen LogP contribution in [0.1, 0.15) is 29.2 Å². The molecule has 0 saturated carbocycles. The van der Waals surface area contributed by atoms with Gasteiger partial charge in [0.2, 0.25) is 0 Å². The third-order valence-corrected chi connectivity index (χ3v) is 10.3. The van der Waals surface area contributed by atoms with Gasteiger partial charge >= 0.3 is 12.4 Å². The van der Waals surface area contributed by atoms with Gasteiger partial charge in [0.05, 0.1) is 11.1 Å². The molecule has 5 aromatic rings. The van der Waals surface area contributed by atoms with E-state index in [2.05, 4.69) is 4.57 Å². The molecule has 4 aromatic carbocycles. The quantitative estimate of drug-likeness (QED) is 0.135. The molecule has 0 saturated heterocycles. The molecule has 1 heterocycles. The molecule has 0 radical (unpaired) electrons. The molecule has 0 amide bonds. The Morgan fingerprint density at radius 2 is 1.08 bits per heavy atom. The molecule has 5 rings (SSSR count). The predicted octanol–water partition coefficient (Wildman–Crippen LogP) is 6.72. The Hall–Kier alpha value is -3.52. The van der Waals surface area contributed by atoms with Crippen molar-refractivity contribution in [1.82, 2.24) is 4.57 Å². The van der Waals surface area contributed by atoms with Crippen LogP contribution in [-0.4, -0.2) is 13.4 Å². The van der Waals surface area contributed by atoms with Crippen molar-refractivity contribution in [1.29, 1.82) is 0 Å². The van der Waals surface area contributed by atoms with Crippen molar-refractivity contribution in [2.75, 3.05) is 0 Å². The highest BCUT2D eigenvalue weighted by molar-refractivity contribution is 6.95. The molecule has 1 aromatic heterocycles. The van der Waals surface area contributed by atoms with Crippen LogP contribution in [0, 0.1) is 13.8 Å². The number of aromatic nitrogens is 1. The number of halogens is 6. The molecule has 0 aliphatic carbocycles. The van der Waals surface area contributed by atoms with Gasteiger partial charge in [-0.1, -0.05) is 70.2 Å². The monoisotopic (exact) mass is 541 g/mol. The number of fused-ring (bicyclic) bond motifs is 3. The van der Waals surface area contributed by atoms with Crippen molar-refractivity contribution >= 4 is 46.2 Å². The maximum atomic E-state index is 13.9. The van der Waals surface area contributed by atoms with Crippen molar-refractivity contribution in [2.45, 2.75) is 39.7 Å². The summed E-state index contributed by atoms with van der Waals surface area (Å²) in [6.07, 6.45) is -9.14. The first-order chi connectivity index (χ1) is 17.9. The molecule has 0 bridgehead atoms. The van der Waals surface area contributed by atoms with Gasteiger partial charge in [0, 0.05) is 28.4 Å². The number of rotatable bonds is 4. The lowest BCUT2D eigenvalue weighted by atomic mass is 10.1. The largest absolute Gasteiger partial charge is 0.416 e. The van der Waals surface area contributed by atoms with Gasteiger partial charge in [-0.15, -0.1) is 0 Å². The molecule has 0 aliphatic heterocycles. The van der Waals surface area contributed by atoms with Gasteiger partial charge in [0.25, 0.3) is 0 Å². The minimum atomic E-state index is -4.57. The van der Waals surface area contributed by atoms with Crippen LogP contribution in [0.25, 0.3) is 21.8 Å². The van der Waals surface area contributed by atoms with Crippen molar-refractivity contribution in [3.63, 3.8) is 0 Å². The van der Waals surface area contributed by atoms with Gasteiger partial charge in [-0.05, 0) is 56.2 Å². The Labute approximate surface area is 217 Å². The number of hydrogen-bond acceptors (Lipinski definition) is 0. The Bertz CT molecular complexity index is 1600. The van der Waals surface area contributed by atoms with E-state index in [1.807, 2.05) is 49.4 Å². The lowest BCUT2D eigenvalue weighted by Gasteiger charge is -2.22. The highest BCUT2D eigenvalue weighted by Gasteiger charge is 2.36. The molecule has 0 fully saturated rings. The third kappa shape index (κ3) is 4.51. The van der Waals surface area contributed by atoms with Gasteiger partial charge in [0.1, 0.15) is 8.80 Å². The number of aryl methyl sites for hydroxylation is 3. The zero-order valence-corrected chi connectivity index (χ0v) is 22.2. The summed E-state index contributed by atoms with van der Waals surface area (Å²) >= 11 is 0. The van der Waals surface area contributed by atoms with Crippen molar-refractivity contribution in [3.05, 3.63) is 101 Å². The minimum absolute atomic E-state index is 0.0790. The second-order valence-electron chi connectivity index (χ2n) is 9.62. The molecule has 0 spiro atoms. The molecule has 1 nitrogen and oxygen atoms in total. The standard InChI is InChI=1S/C30H25F6NSi/c1-4-37-27-8-6-5-7-23(27)24-15-20(13-14-28(24)37)38(21-11-9-18(2)25(16-21)29(31,32)33)22-12-10-19(3)26(17-22)30(34,35)36/h5-17,38H,4H2,1-3H3. The summed E-state index contributed by atoms with van der Waals surface area (Å²) in [5.74, 6) is 0. The first-order valence-electron chi connectivity index (χ1n) is 12.3. The number of nitrogens with zero attached hydrogens (tertiary/aromatic N) is 1. The summed E-state index contributed by atoms with van der Waals surface area (Å²) in [6, 6.07) is 22.0.